The van der Waals surface area contributed by atoms with E-state index in [0.717, 1.165) is 41.7 Å². The second-order valence-corrected chi connectivity index (χ2v) is 7.91. The van der Waals surface area contributed by atoms with Crippen LogP contribution in [-0.2, 0) is 11.3 Å². The van der Waals surface area contributed by atoms with Crippen molar-refractivity contribution in [3.8, 4) is 0 Å². The SMILES string of the molecule is CC(=O)Nc1cccc(Nc2ncnc(N3CCN(Cc4ccc(F)c(F)c4)CC3)n2)c1C. The number of halogens is 2. The molecule has 1 saturated heterocycles. The Kier molecular flexibility index (Phi) is 6.74. The zero-order valence-corrected chi connectivity index (χ0v) is 18.5. The summed E-state index contributed by atoms with van der Waals surface area (Å²) >= 11 is 0. The molecule has 0 aliphatic carbocycles. The van der Waals surface area contributed by atoms with Gasteiger partial charge >= 0.3 is 0 Å². The summed E-state index contributed by atoms with van der Waals surface area (Å²) in [6, 6.07) is 9.58. The number of rotatable bonds is 6. The van der Waals surface area contributed by atoms with Crippen molar-refractivity contribution < 1.29 is 13.6 Å². The fourth-order valence-corrected chi connectivity index (χ4v) is 3.72. The molecule has 172 valence electrons. The van der Waals surface area contributed by atoms with Gasteiger partial charge in [0.15, 0.2) is 11.6 Å². The molecule has 3 aromatic rings. The summed E-state index contributed by atoms with van der Waals surface area (Å²) in [5.74, 6) is -0.821. The molecule has 0 atom stereocenters. The molecule has 1 aliphatic rings. The van der Waals surface area contributed by atoms with Crippen LogP contribution in [0, 0.1) is 18.6 Å². The Hall–Kier alpha value is -3.66. The lowest BCUT2D eigenvalue weighted by molar-refractivity contribution is -0.114. The highest BCUT2D eigenvalue weighted by Crippen LogP contribution is 2.25. The molecule has 0 radical (unpaired) electrons. The van der Waals surface area contributed by atoms with Gasteiger partial charge in [-0.25, -0.2) is 18.7 Å². The smallest absolute Gasteiger partial charge is 0.232 e. The van der Waals surface area contributed by atoms with Crippen molar-refractivity contribution in [2.45, 2.75) is 20.4 Å². The summed E-state index contributed by atoms with van der Waals surface area (Å²) in [6.45, 7) is 6.81. The first kappa shape index (κ1) is 22.5. The van der Waals surface area contributed by atoms with Crippen LogP contribution in [0.4, 0.5) is 32.1 Å². The predicted molar refractivity (Wildman–Crippen MR) is 122 cm³/mol. The summed E-state index contributed by atoms with van der Waals surface area (Å²) in [6.07, 6.45) is 1.46. The van der Waals surface area contributed by atoms with E-state index in [1.807, 2.05) is 25.1 Å². The minimum Gasteiger partial charge on any atom is -0.338 e. The van der Waals surface area contributed by atoms with Gasteiger partial charge in [-0.05, 0) is 42.3 Å². The Morgan fingerprint density at radius 3 is 2.52 bits per heavy atom. The van der Waals surface area contributed by atoms with E-state index in [2.05, 4.69) is 35.4 Å². The topological polar surface area (TPSA) is 86.3 Å². The van der Waals surface area contributed by atoms with Crippen LogP contribution < -0.4 is 15.5 Å². The van der Waals surface area contributed by atoms with Crippen LogP contribution in [0.15, 0.2) is 42.7 Å². The Morgan fingerprint density at radius 2 is 1.79 bits per heavy atom. The van der Waals surface area contributed by atoms with Crippen molar-refractivity contribution in [3.05, 3.63) is 65.5 Å². The van der Waals surface area contributed by atoms with Gasteiger partial charge in [0.2, 0.25) is 17.8 Å². The molecule has 0 spiro atoms. The van der Waals surface area contributed by atoms with Gasteiger partial charge in [-0.2, -0.15) is 4.98 Å². The average molecular weight is 453 g/mol. The molecule has 8 nitrogen and oxygen atoms in total. The largest absolute Gasteiger partial charge is 0.338 e. The second kappa shape index (κ2) is 9.86. The third-order valence-electron chi connectivity index (χ3n) is 5.50. The highest BCUT2D eigenvalue weighted by atomic mass is 19.2. The number of hydrogen-bond donors (Lipinski definition) is 2. The van der Waals surface area contributed by atoms with E-state index in [4.69, 9.17) is 0 Å². The number of piperazine rings is 1. The minimum atomic E-state index is -0.833. The van der Waals surface area contributed by atoms with Gasteiger partial charge < -0.3 is 15.5 Å². The predicted octanol–water partition coefficient (Wildman–Crippen LogP) is 3.48. The van der Waals surface area contributed by atoms with Crippen molar-refractivity contribution in [2.75, 3.05) is 41.7 Å². The van der Waals surface area contributed by atoms with E-state index in [9.17, 15) is 13.6 Å². The van der Waals surface area contributed by atoms with E-state index >= 15 is 0 Å². The standard InChI is InChI=1S/C23H25F2N7O/c1-15-20(28-16(2)33)4-3-5-21(15)29-22-26-14-27-23(30-22)32-10-8-31(9-11-32)13-17-6-7-18(24)19(25)12-17/h3-7,12,14H,8-11,13H2,1-2H3,(H,28,33)(H,26,27,29,30). The third kappa shape index (κ3) is 5.58. The maximum Gasteiger partial charge on any atom is 0.232 e. The van der Waals surface area contributed by atoms with Gasteiger partial charge in [-0.1, -0.05) is 12.1 Å². The molecule has 0 unspecified atom stereocenters. The molecule has 1 aliphatic heterocycles. The van der Waals surface area contributed by atoms with Gasteiger partial charge in [0.25, 0.3) is 0 Å². The molecular weight excluding hydrogens is 428 g/mol. The summed E-state index contributed by atoms with van der Waals surface area (Å²) < 4.78 is 26.6. The van der Waals surface area contributed by atoms with Gasteiger partial charge in [0.1, 0.15) is 6.33 Å². The van der Waals surface area contributed by atoms with Crippen molar-refractivity contribution in [3.63, 3.8) is 0 Å². The maximum atomic E-state index is 13.5. The van der Waals surface area contributed by atoms with E-state index in [1.165, 1.54) is 19.3 Å². The van der Waals surface area contributed by atoms with E-state index in [-0.39, 0.29) is 5.91 Å². The molecule has 10 heteroatoms. The molecule has 0 saturated carbocycles. The van der Waals surface area contributed by atoms with Crippen LogP contribution in [0.2, 0.25) is 0 Å². The first-order valence-electron chi connectivity index (χ1n) is 10.6. The molecule has 4 rings (SSSR count). The third-order valence-corrected chi connectivity index (χ3v) is 5.50. The first-order chi connectivity index (χ1) is 15.9. The Bertz CT molecular complexity index is 1150. The number of carbonyl (C=O) groups excluding carboxylic acids is 1. The number of benzene rings is 2. The van der Waals surface area contributed by atoms with Gasteiger partial charge in [-0.3, -0.25) is 9.69 Å². The maximum absolute atomic E-state index is 13.5. The molecule has 2 N–H and O–H groups in total. The van der Waals surface area contributed by atoms with Crippen molar-refractivity contribution >= 4 is 29.2 Å². The Balaban J connectivity index is 1.39. The van der Waals surface area contributed by atoms with Gasteiger partial charge in [-0.15, -0.1) is 0 Å². The molecular formula is C23H25F2N7O. The molecule has 1 aromatic heterocycles. The van der Waals surface area contributed by atoms with Crippen LogP contribution in [0.25, 0.3) is 0 Å². The zero-order chi connectivity index (χ0) is 23.4. The fraction of sp³-hybridized carbons (Fsp3) is 0.304. The molecule has 0 bridgehead atoms. The normalized spacial score (nSPS) is 14.2. The molecule has 33 heavy (non-hydrogen) atoms. The lowest BCUT2D eigenvalue weighted by atomic mass is 10.1. The average Bonchev–Trinajstić information content (AvgIpc) is 2.79. The van der Waals surface area contributed by atoms with Crippen LogP contribution >= 0.6 is 0 Å². The van der Waals surface area contributed by atoms with Crippen molar-refractivity contribution in [1.29, 1.82) is 0 Å². The number of nitrogens with zero attached hydrogens (tertiary/aromatic N) is 5. The lowest BCUT2D eigenvalue weighted by Gasteiger charge is -2.34. The van der Waals surface area contributed by atoms with Crippen LogP contribution in [0.5, 0.6) is 0 Å². The number of hydrogen-bond acceptors (Lipinski definition) is 7. The molecule has 1 fully saturated rings. The number of amides is 1. The molecule has 1 amide bonds. The van der Waals surface area contributed by atoms with E-state index < -0.39 is 11.6 Å². The van der Waals surface area contributed by atoms with Crippen molar-refractivity contribution in [2.24, 2.45) is 0 Å². The zero-order valence-electron chi connectivity index (χ0n) is 18.5. The number of anilines is 4. The lowest BCUT2D eigenvalue weighted by Crippen LogP contribution is -2.46. The number of nitrogens with one attached hydrogen (secondary N) is 2. The first-order valence-corrected chi connectivity index (χ1v) is 10.6. The number of carbonyl (C=O) groups is 1. The molecule has 2 aromatic carbocycles. The second-order valence-electron chi connectivity index (χ2n) is 7.91. The highest BCUT2D eigenvalue weighted by Gasteiger charge is 2.20. The van der Waals surface area contributed by atoms with E-state index in [1.54, 1.807) is 6.07 Å². The quantitative estimate of drug-likeness (QED) is 0.591. The summed E-state index contributed by atoms with van der Waals surface area (Å²) in [7, 11) is 0. The summed E-state index contributed by atoms with van der Waals surface area (Å²) in [5, 5.41) is 6.01. The van der Waals surface area contributed by atoms with Crippen molar-refractivity contribution in [1.82, 2.24) is 19.9 Å². The Morgan fingerprint density at radius 1 is 1.03 bits per heavy atom. The summed E-state index contributed by atoms with van der Waals surface area (Å²) in [5.41, 5.74) is 3.13. The minimum absolute atomic E-state index is 0.138. The van der Waals surface area contributed by atoms with Crippen LogP contribution in [0.3, 0.4) is 0 Å². The van der Waals surface area contributed by atoms with Crippen LogP contribution in [-0.4, -0.2) is 51.9 Å². The number of aromatic nitrogens is 3. The fourth-order valence-electron chi connectivity index (χ4n) is 3.72. The van der Waals surface area contributed by atoms with Gasteiger partial charge in [0.05, 0.1) is 0 Å². The van der Waals surface area contributed by atoms with Crippen LogP contribution in [0.1, 0.15) is 18.1 Å². The monoisotopic (exact) mass is 453 g/mol. The van der Waals surface area contributed by atoms with Gasteiger partial charge in [0, 0.05) is 51.0 Å². The summed E-state index contributed by atoms with van der Waals surface area (Å²) in [4.78, 5) is 28.7. The molecule has 2 heterocycles. The Labute approximate surface area is 190 Å². The van der Waals surface area contributed by atoms with E-state index in [0.29, 0.717) is 31.5 Å². The highest BCUT2D eigenvalue weighted by molar-refractivity contribution is 5.90.